The second-order valence-corrected chi connectivity index (χ2v) is 10.4. The number of rotatable bonds is 4. The lowest BCUT2D eigenvalue weighted by molar-refractivity contribution is 0.0231. The van der Waals surface area contributed by atoms with Crippen molar-refractivity contribution < 1.29 is 22.7 Å². The lowest BCUT2D eigenvalue weighted by atomic mass is 9.95. The number of carbonyl (C=O) groups is 1. The van der Waals surface area contributed by atoms with Gasteiger partial charge in [-0.05, 0) is 38.5 Å². The Kier molecular flexibility index (Phi) is 7.61. The molecule has 7 nitrogen and oxygen atoms in total. The van der Waals surface area contributed by atoms with E-state index in [9.17, 15) is 13.2 Å². The number of ether oxygens (including phenoxy) is 2. The van der Waals surface area contributed by atoms with Gasteiger partial charge in [-0.3, -0.25) is 0 Å². The Labute approximate surface area is 176 Å². The lowest BCUT2D eigenvalue weighted by Crippen LogP contribution is -2.42. The maximum absolute atomic E-state index is 12.5. The Morgan fingerprint density at radius 3 is 2.57 bits per heavy atom. The molecule has 1 aromatic carbocycles. The molecule has 158 valence electrons. The molecule has 2 rings (SSSR count). The van der Waals surface area contributed by atoms with Crippen LogP contribution >= 0.6 is 23.2 Å². The van der Waals surface area contributed by atoms with Gasteiger partial charge >= 0.3 is 6.09 Å². The minimum Gasteiger partial charge on any atom is -0.444 e. The highest BCUT2D eigenvalue weighted by Gasteiger charge is 2.33. The van der Waals surface area contributed by atoms with Crippen molar-refractivity contribution >= 4 is 39.3 Å². The number of sulfonamides is 1. The number of amides is 1. The van der Waals surface area contributed by atoms with E-state index in [1.165, 1.54) is 4.90 Å². The van der Waals surface area contributed by atoms with Crippen LogP contribution in [0, 0.1) is 5.92 Å². The Bertz CT molecular complexity index is 811. The Morgan fingerprint density at radius 2 is 2.00 bits per heavy atom. The summed E-state index contributed by atoms with van der Waals surface area (Å²) >= 11 is 12.1. The first-order chi connectivity index (χ1) is 12.9. The van der Waals surface area contributed by atoms with Gasteiger partial charge in [-0.15, -0.1) is 0 Å². The zero-order valence-electron chi connectivity index (χ0n) is 16.4. The third-order valence-electron chi connectivity index (χ3n) is 4.07. The maximum Gasteiger partial charge on any atom is 0.410 e. The van der Waals surface area contributed by atoms with Gasteiger partial charge in [0.2, 0.25) is 10.0 Å². The lowest BCUT2D eigenvalue weighted by Gasteiger charge is -2.30. The van der Waals surface area contributed by atoms with Crippen molar-refractivity contribution in [1.82, 2.24) is 9.62 Å². The smallest absolute Gasteiger partial charge is 0.410 e. The van der Waals surface area contributed by atoms with E-state index in [-0.39, 0.29) is 25.6 Å². The fraction of sp³-hybridized carbons (Fsp3) is 0.611. The number of nitrogens with one attached hydrogen (secondary N) is 1. The van der Waals surface area contributed by atoms with Gasteiger partial charge in [-0.25, -0.2) is 17.9 Å². The molecule has 1 aliphatic rings. The molecule has 0 aromatic heterocycles. The van der Waals surface area contributed by atoms with E-state index in [1.807, 2.05) is 0 Å². The molecule has 1 amide bonds. The van der Waals surface area contributed by atoms with Crippen molar-refractivity contribution in [2.45, 2.75) is 32.5 Å². The van der Waals surface area contributed by atoms with Crippen molar-refractivity contribution in [1.29, 1.82) is 0 Å². The highest BCUT2D eigenvalue weighted by Crippen LogP contribution is 2.33. The summed E-state index contributed by atoms with van der Waals surface area (Å²) < 4.78 is 37.2. The van der Waals surface area contributed by atoms with Crippen LogP contribution in [-0.4, -0.2) is 57.5 Å². The molecule has 2 atom stereocenters. The Hall–Kier alpha value is -1.06. The maximum atomic E-state index is 12.5. The zero-order chi connectivity index (χ0) is 21.1. The predicted molar refractivity (Wildman–Crippen MR) is 109 cm³/mol. The van der Waals surface area contributed by atoms with Gasteiger partial charge in [0, 0.05) is 25.6 Å². The van der Waals surface area contributed by atoms with Crippen molar-refractivity contribution in [3.63, 3.8) is 0 Å². The van der Waals surface area contributed by atoms with Crippen LogP contribution < -0.4 is 4.72 Å². The van der Waals surface area contributed by atoms with Gasteiger partial charge in [0.15, 0.2) is 0 Å². The highest BCUT2D eigenvalue weighted by atomic mass is 35.5. The van der Waals surface area contributed by atoms with Crippen LogP contribution in [0.25, 0.3) is 0 Å². The molecule has 2 unspecified atom stereocenters. The molecule has 1 fully saturated rings. The van der Waals surface area contributed by atoms with Crippen LogP contribution in [-0.2, 0) is 19.5 Å². The van der Waals surface area contributed by atoms with Gasteiger partial charge < -0.3 is 14.4 Å². The summed E-state index contributed by atoms with van der Waals surface area (Å²) in [5.41, 5.74) is 0.133. The van der Waals surface area contributed by atoms with Crippen molar-refractivity contribution in [2.75, 3.05) is 32.5 Å². The Morgan fingerprint density at radius 1 is 1.32 bits per heavy atom. The van der Waals surface area contributed by atoms with Crippen LogP contribution in [0.15, 0.2) is 18.2 Å². The first kappa shape index (κ1) is 23.2. The molecule has 0 aliphatic carbocycles. The summed E-state index contributed by atoms with van der Waals surface area (Å²) in [6, 6.07) is 5.15. The summed E-state index contributed by atoms with van der Waals surface area (Å²) in [4.78, 5) is 14.1. The van der Waals surface area contributed by atoms with Crippen LogP contribution in [0.3, 0.4) is 0 Å². The molecule has 1 N–H and O–H groups in total. The van der Waals surface area contributed by atoms with Crippen LogP contribution in [0.1, 0.15) is 32.4 Å². The van der Waals surface area contributed by atoms with Gasteiger partial charge in [0.05, 0.1) is 29.0 Å². The first-order valence-electron chi connectivity index (χ1n) is 8.85. The average Bonchev–Trinajstić information content (AvgIpc) is 2.76. The summed E-state index contributed by atoms with van der Waals surface area (Å²) in [7, 11) is -3.41. The Balaban J connectivity index is 2.27. The average molecular weight is 453 g/mol. The summed E-state index contributed by atoms with van der Waals surface area (Å²) in [5.74, 6) is -0.345. The van der Waals surface area contributed by atoms with E-state index in [4.69, 9.17) is 32.7 Å². The van der Waals surface area contributed by atoms with Crippen molar-refractivity contribution in [3.05, 3.63) is 33.8 Å². The quantitative estimate of drug-likeness (QED) is 0.755. The topological polar surface area (TPSA) is 84.9 Å². The van der Waals surface area contributed by atoms with Crippen molar-refractivity contribution in [2.24, 2.45) is 5.92 Å². The monoisotopic (exact) mass is 452 g/mol. The third-order valence-corrected chi connectivity index (χ3v) is 5.50. The molecule has 1 aromatic rings. The SMILES string of the molecule is CC(C)(C)OC(=O)N1CCOC(c2ccc(Cl)c(Cl)c2)C(CNS(C)(=O)=O)C1. The molecule has 28 heavy (non-hydrogen) atoms. The van der Waals surface area contributed by atoms with Gasteiger partial charge in [-0.2, -0.15) is 0 Å². The van der Waals surface area contributed by atoms with E-state index in [0.717, 1.165) is 11.8 Å². The molecule has 0 spiro atoms. The molecule has 0 saturated carbocycles. The molecule has 1 aliphatic heterocycles. The van der Waals surface area contributed by atoms with Crippen molar-refractivity contribution in [3.8, 4) is 0 Å². The molecular weight excluding hydrogens is 427 g/mol. The fourth-order valence-corrected chi connectivity index (χ4v) is 3.70. The van der Waals surface area contributed by atoms with Crippen LogP contribution in [0.4, 0.5) is 4.79 Å². The van der Waals surface area contributed by atoms with Gasteiger partial charge in [0.1, 0.15) is 5.60 Å². The minimum atomic E-state index is -3.41. The van der Waals surface area contributed by atoms with Gasteiger partial charge in [-0.1, -0.05) is 29.3 Å². The predicted octanol–water partition coefficient (Wildman–Crippen LogP) is 3.47. The summed E-state index contributed by atoms with van der Waals surface area (Å²) in [5, 5.41) is 0.797. The summed E-state index contributed by atoms with van der Waals surface area (Å²) in [6.45, 7) is 6.36. The number of carbonyl (C=O) groups excluding carboxylic acids is 1. The number of nitrogens with zero attached hydrogens (tertiary/aromatic N) is 1. The molecule has 0 bridgehead atoms. The van der Waals surface area contributed by atoms with E-state index >= 15 is 0 Å². The molecular formula is C18H26Cl2N2O5S. The fourth-order valence-electron chi connectivity index (χ4n) is 2.88. The molecule has 1 heterocycles. The third kappa shape index (κ3) is 7.08. The van der Waals surface area contributed by atoms with E-state index in [1.54, 1.807) is 39.0 Å². The largest absolute Gasteiger partial charge is 0.444 e. The highest BCUT2D eigenvalue weighted by molar-refractivity contribution is 7.88. The number of hydrogen-bond donors (Lipinski definition) is 1. The second-order valence-electron chi connectivity index (χ2n) is 7.77. The van der Waals surface area contributed by atoms with Gasteiger partial charge in [0.25, 0.3) is 0 Å². The first-order valence-corrected chi connectivity index (χ1v) is 11.5. The number of benzene rings is 1. The minimum absolute atomic E-state index is 0.100. The molecule has 0 radical (unpaired) electrons. The second kappa shape index (κ2) is 9.17. The molecule has 10 heteroatoms. The van der Waals surface area contributed by atoms with E-state index in [0.29, 0.717) is 16.6 Å². The summed E-state index contributed by atoms with van der Waals surface area (Å²) in [6.07, 6.45) is 0.163. The zero-order valence-corrected chi connectivity index (χ0v) is 18.7. The van der Waals surface area contributed by atoms with Crippen LogP contribution in [0.2, 0.25) is 10.0 Å². The normalized spacial score (nSPS) is 21.3. The number of hydrogen-bond acceptors (Lipinski definition) is 5. The van der Waals surface area contributed by atoms with E-state index < -0.39 is 27.8 Å². The standard InChI is InChI=1S/C18H26Cl2N2O5S/c1-18(2,3)27-17(23)22-7-8-26-16(12-5-6-14(19)15(20)9-12)13(11-22)10-21-28(4,24)25/h5-6,9,13,16,21H,7-8,10-11H2,1-4H3. The van der Waals surface area contributed by atoms with Crippen LogP contribution in [0.5, 0.6) is 0 Å². The molecule has 1 saturated heterocycles. The number of halogens is 2. The van der Waals surface area contributed by atoms with E-state index in [2.05, 4.69) is 4.72 Å².